The van der Waals surface area contributed by atoms with Crippen LogP contribution in [0.1, 0.15) is 17.5 Å². The zero-order valence-electron chi connectivity index (χ0n) is 9.72. The molecule has 0 saturated heterocycles. The van der Waals surface area contributed by atoms with Gasteiger partial charge in [0.05, 0.1) is 6.61 Å². The Balaban J connectivity index is 1.90. The van der Waals surface area contributed by atoms with Gasteiger partial charge in [-0.3, -0.25) is 0 Å². The van der Waals surface area contributed by atoms with Gasteiger partial charge in [0.15, 0.2) is 0 Å². The molecule has 0 saturated carbocycles. The molecule has 2 N–H and O–H groups in total. The molecule has 5 heteroatoms. The van der Waals surface area contributed by atoms with E-state index in [1.54, 1.807) is 0 Å². The number of rotatable bonds is 5. The number of ether oxygens (including phenoxy) is 1. The van der Waals surface area contributed by atoms with E-state index in [-0.39, 0.29) is 0 Å². The predicted molar refractivity (Wildman–Crippen MR) is 69.3 cm³/mol. The van der Waals surface area contributed by atoms with Gasteiger partial charge in [0.25, 0.3) is 0 Å². The quantitative estimate of drug-likeness (QED) is 0.883. The normalized spacial score (nSPS) is 10.4. The van der Waals surface area contributed by atoms with Crippen molar-refractivity contribution in [3.63, 3.8) is 0 Å². The lowest BCUT2D eigenvalue weighted by Crippen LogP contribution is -1.93. The Bertz CT molecular complexity index is 467. The third-order valence-corrected chi connectivity index (χ3v) is 3.16. The van der Waals surface area contributed by atoms with E-state index in [2.05, 4.69) is 22.3 Å². The van der Waals surface area contributed by atoms with Crippen LogP contribution in [-0.2, 0) is 12.8 Å². The van der Waals surface area contributed by atoms with Crippen molar-refractivity contribution in [1.29, 1.82) is 0 Å². The van der Waals surface area contributed by atoms with Crippen molar-refractivity contribution >= 4 is 16.5 Å². The molecule has 0 atom stereocenters. The molecule has 4 nitrogen and oxygen atoms in total. The van der Waals surface area contributed by atoms with Gasteiger partial charge >= 0.3 is 0 Å². The number of nitrogens with two attached hydrogens (primary N) is 1. The van der Waals surface area contributed by atoms with Gasteiger partial charge in [-0.25, -0.2) is 0 Å². The number of hydrogen-bond donors (Lipinski definition) is 1. The van der Waals surface area contributed by atoms with Crippen LogP contribution in [0.2, 0.25) is 0 Å². The Morgan fingerprint density at radius 2 is 1.94 bits per heavy atom. The van der Waals surface area contributed by atoms with E-state index in [0.29, 0.717) is 11.7 Å². The number of nitrogens with zero attached hydrogens (tertiary/aromatic N) is 2. The highest BCUT2D eigenvalue weighted by molar-refractivity contribution is 7.15. The van der Waals surface area contributed by atoms with E-state index in [1.807, 2.05) is 19.1 Å². The maximum Gasteiger partial charge on any atom is 0.203 e. The number of hydrogen-bond acceptors (Lipinski definition) is 5. The molecular formula is C12H15N3OS. The van der Waals surface area contributed by atoms with Crippen LogP contribution in [0.25, 0.3) is 0 Å². The molecule has 0 radical (unpaired) electrons. The van der Waals surface area contributed by atoms with Crippen LogP contribution in [0, 0.1) is 0 Å². The third-order valence-electron chi connectivity index (χ3n) is 2.34. The molecule has 0 bridgehead atoms. The molecule has 0 aliphatic rings. The van der Waals surface area contributed by atoms with Crippen LogP contribution in [0.3, 0.4) is 0 Å². The van der Waals surface area contributed by atoms with Gasteiger partial charge in [0.2, 0.25) is 5.13 Å². The van der Waals surface area contributed by atoms with Gasteiger partial charge in [-0.2, -0.15) is 0 Å². The summed E-state index contributed by atoms with van der Waals surface area (Å²) < 4.78 is 5.39. The molecule has 1 aromatic carbocycles. The summed E-state index contributed by atoms with van der Waals surface area (Å²) in [5.41, 5.74) is 6.80. The fraction of sp³-hybridized carbons (Fsp3) is 0.333. The molecule has 2 aromatic rings. The summed E-state index contributed by atoms with van der Waals surface area (Å²) in [5.74, 6) is 0.913. The summed E-state index contributed by atoms with van der Waals surface area (Å²) in [6, 6.07) is 8.14. The molecule has 0 fully saturated rings. The van der Waals surface area contributed by atoms with Gasteiger partial charge in [-0.1, -0.05) is 23.5 Å². The largest absolute Gasteiger partial charge is 0.494 e. The van der Waals surface area contributed by atoms with Gasteiger partial charge in [0.1, 0.15) is 10.8 Å². The van der Waals surface area contributed by atoms with E-state index in [1.165, 1.54) is 16.9 Å². The molecule has 0 aliphatic heterocycles. The molecule has 0 aliphatic carbocycles. The Kier molecular flexibility index (Phi) is 3.93. The van der Waals surface area contributed by atoms with Crippen LogP contribution in [0.5, 0.6) is 5.75 Å². The van der Waals surface area contributed by atoms with Crippen molar-refractivity contribution < 1.29 is 4.74 Å². The number of aryl methyl sites for hydroxylation is 2. The van der Waals surface area contributed by atoms with Crippen molar-refractivity contribution in [2.24, 2.45) is 0 Å². The summed E-state index contributed by atoms with van der Waals surface area (Å²) in [7, 11) is 0. The van der Waals surface area contributed by atoms with Crippen molar-refractivity contribution in [2.75, 3.05) is 12.3 Å². The van der Waals surface area contributed by atoms with Crippen molar-refractivity contribution in [1.82, 2.24) is 10.2 Å². The number of aromatic nitrogens is 2. The minimum absolute atomic E-state index is 0.534. The predicted octanol–water partition coefficient (Wildman–Crippen LogP) is 2.30. The Labute approximate surface area is 104 Å². The summed E-state index contributed by atoms with van der Waals surface area (Å²) in [4.78, 5) is 0. The molecular weight excluding hydrogens is 234 g/mol. The van der Waals surface area contributed by atoms with Crippen LogP contribution in [-0.4, -0.2) is 16.8 Å². The lowest BCUT2D eigenvalue weighted by molar-refractivity contribution is 0.340. The van der Waals surface area contributed by atoms with Crippen molar-refractivity contribution in [2.45, 2.75) is 19.8 Å². The van der Waals surface area contributed by atoms with E-state index in [9.17, 15) is 0 Å². The second kappa shape index (κ2) is 5.63. The van der Waals surface area contributed by atoms with Crippen LogP contribution in [0.4, 0.5) is 5.13 Å². The van der Waals surface area contributed by atoms with Gasteiger partial charge in [0, 0.05) is 6.42 Å². The van der Waals surface area contributed by atoms with E-state index >= 15 is 0 Å². The summed E-state index contributed by atoms with van der Waals surface area (Å²) in [6.07, 6.45) is 1.82. The standard InChI is InChI=1S/C12H15N3OS/c1-2-16-10-6-3-9(4-7-10)5-8-11-14-15-12(13)17-11/h3-4,6-7H,2,5,8H2,1H3,(H2,13,15). The first kappa shape index (κ1) is 11.9. The summed E-state index contributed by atoms with van der Waals surface area (Å²) >= 11 is 1.45. The second-order valence-electron chi connectivity index (χ2n) is 3.61. The van der Waals surface area contributed by atoms with Gasteiger partial charge in [-0.05, 0) is 31.0 Å². The third kappa shape index (κ3) is 3.42. The maximum atomic E-state index is 5.53. The first-order chi connectivity index (χ1) is 8.28. The highest BCUT2D eigenvalue weighted by atomic mass is 32.1. The van der Waals surface area contributed by atoms with E-state index in [4.69, 9.17) is 10.5 Å². The van der Waals surface area contributed by atoms with Crippen molar-refractivity contribution in [3.05, 3.63) is 34.8 Å². The van der Waals surface area contributed by atoms with E-state index in [0.717, 1.165) is 23.6 Å². The highest BCUT2D eigenvalue weighted by Crippen LogP contribution is 2.16. The minimum atomic E-state index is 0.534. The number of nitrogen functional groups attached to an aromatic ring is 1. The molecule has 0 spiro atoms. The van der Waals surface area contributed by atoms with Crippen LogP contribution in [0.15, 0.2) is 24.3 Å². The summed E-state index contributed by atoms with van der Waals surface area (Å²) in [5, 5.41) is 9.31. The average molecular weight is 249 g/mol. The minimum Gasteiger partial charge on any atom is -0.494 e. The molecule has 0 unspecified atom stereocenters. The Hall–Kier alpha value is -1.62. The Morgan fingerprint density at radius 1 is 1.18 bits per heavy atom. The number of benzene rings is 1. The molecule has 17 heavy (non-hydrogen) atoms. The molecule has 1 heterocycles. The SMILES string of the molecule is CCOc1ccc(CCc2nnc(N)s2)cc1. The Morgan fingerprint density at radius 3 is 2.53 bits per heavy atom. The highest BCUT2D eigenvalue weighted by Gasteiger charge is 2.02. The zero-order chi connectivity index (χ0) is 12.1. The van der Waals surface area contributed by atoms with E-state index < -0.39 is 0 Å². The fourth-order valence-electron chi connectivity index (χ4n) is 1.54. The van der Waals surface area contributed by atoms with Crippen LogP contribution >= 0.6 is 11.3 Å². The average Bonchev–Trinajstić information content (AvgIpc) is 2.75. The zero-order valence-corrected chi connectivity index (χ0v) is 10.5. The molecule has 90 valence electrons. The number of anilines is 1. The molecule has 2 rings (SSSR count). The first-order valence-corrected chi connectivity index (χ1v) is 6.39. The second-order valence-corrected chi connectivity index (χ2v) is 4.70. The molecule has 1 aromatic heterocycles. The monoisotopic (exact) mass is 249 g/mol. The summed E-state index contributed by atoms with van der Waals surface area (Å²) in [6.45, 7) is 2.68. The molecule has 0 amide bonds. The maximum absolute atomic E-state index is 5.53. The smallest absolute Gasteiger partial charge is 0.203 e. The lowest BCUT2D eigenvalue weighted by Gasteiger charge is -2.04. The topological polar surface area (TPSA) is 61.0 Å². The first-order valence-electron chi connectivity index (χ1n) is 5.57. The fourth-order valence-corrected chi connectivity index (χ4v) is 2.15. The van der Waals surface area contributed by atoms with Crippen molar-refractivity contribution in [3.8, 4) is 5.75 Å². The van der Waals surface area contributed by atoms with Gasteiger partial charge in [-0.15, -0.1) is 10.2 Å². The lowest BCUT2D eigenvalue weighted by atomic mass is 10.1. The van der Waals surface area contributed by atoms with Gasteiger partial charge < -0.3 is 10.5 Å². The van der Waals surface area contributed by atoms with Crippen LogP contribution < -0.4 is 10.5 Å².